The molecule has 0 atom stereocenters. The average molecular weight is 262 g/mol. The van der Waals surface area contributed by atoms with Gasteiger partial charge in [-0.05, 0) is 31.5 Å². The first kappa shape index (κ1) is 13.6. The number of ether oxygens (including phenoxy) is 1. The lowest BCUT2D eigenvalue weighted by Gasteiger charge is -2.19. The van der Waals surface area contributed by atoms with Crippen LogP contribution in [-0.4, -0.2) is 12.7 Å². The number of benzene rings is 1. The Balaban J connectivity index is 3.08. The second kappa shape index (κ2) is 5.25. The van der Waals surface area contributed by atoms with Crippen LogP contribution in [0.5, 0.6) is 5.75 Å². The quantitative estimate of drug-likeness (QED) is 0.614. The summed E-state index contributed by atoms with van der Waals surface area (Å²) < 4.78 is 28.2. The van der Waals surface area contributed by atoms with E-state index >= 15 is 0 Å². The number of isocyanates is 1. The highest BCUT2D eigenvalue weighted by Gasteiger charge is 2.21. The van der Waals surface area contributed by atoms with Crippen LogP contribution in [0.3, 0.4) is 0 Å². The lowest BCUT2D eigenvalue weighted by Crippen LogP contribution is -2.13. The molecule has 0 fully saturated rings. The number of halogens is 3. The molecule has 0 bridgehead atoms. The molecule has 0 heterocycles. The van der Waals surface area contributed by atoms with Gasteiger partial charge in [0.2, 0.25) is 6.08 Å². The van der Waals surface area contributed by atoms with Gasteiger partial charge in [0.15, 0.2) is 0 Å². The third-order valence-corrected chi connectivity index (χ3v) is 2.47. The highest BCUT2D eigenvalue weighted by Crippen LogP contribution is 2.32. The van der Waals surface area contributed by atoms with Gasteiger partial charge in [0.1, 0.15) is 5.75 Å². The van der Waals surface area contributed by atoms with E-state index < -0.39 is 12.2 Å². The maximum Gasteiger partial charge on any atom is 0.387 e. The summed E-state index contributed by atoms with van der Waals surface area (Å²) in [4.78, 5) is 13.8. The summed E-state index contributed by atoms with van der Waals surface area (Å²) in [6.07, 6.45) is 1.45. The zero-order chi connectivity index (χ0) is 13.1. The SMILES string of the molecule is CC(C)(N=C=O)c1ccc(OC(F)F)c(Cl)c1. The summed E-state index contributed by atoms with van der Waals surface area (Å²) in [6, 6.07) is 4.26. The summed E-state index contributed by atoms with van der Waals surface area (Å²) in [5, 5.41) is 0.0389. The number of alkyl halides is 2. The van der Waals surface area contributed by atoms with Crippen LogP contribution >= 0.6 is 11.6 Å². The van der Waals surface area contributed by atoms with Gasteiger partial charge in [-0.25, -0.2) is 4.79 Å². The van der Waals surface area contributed by atoms with E-state index in [1.807, 2.05) is 0 Å². The van der Waals surface area contributed by atoms with E-state index in [-0.39, 0.29) is 10.8 Å². The molecule has 0 aliphatic heterocycles. The Kier molecular flexibility index (Phi) is 4.21. The molecule has 0 aliphatic rings. The van der Waals surface area contributed by atoms with Gasteiger partial charge < -0.3 is 4.74 Å². The van der Waals surface area contributed by atoms with Crippen LogP contribution in [0.4, 0.5) is 8.78 Å². The molecule has 92 valence electrons. The van der Waals surface area contributed by atoms with Crippen molar-refractivity contribution in [2.24, 2.45) is 4.99 Å². The van der Waals surface area contributed by atoms with Crippen LogP contribution in [0.15, 0.2) is 23.2 Å². The van der Waals surface area contributed by atoms with E-state index in [4.69, 9.17) is 11.6 Å². The first-order chi connectivity index (χ1) is 7.86. The van der Waals surface area contributed by atoms with Gasteiger partial charge in [0.25, 0.3) is 0 Å². The predicted octanol–water partition coefficient (Wildman–Crippen LogP) is 3.51. The largest absolute Gasteiger partial charge is 0.433 e. The molecule has 0 unspecified atom stereocenters. The lowest BCUT2D eigenvalue weighted by molar-refractivity contribution is -0.0497. The Bertz CT molecular complexity index is 457. The second-order valence-electron chi connectivity index (χ2n) is 3.79. The van der Waals surface area contributed by atoms with E-state index in [9.17, 15) is 13.6 Å². The number of carbonyl (C=O) groups excluding carboxylic acids is 1. The van der Waals surface area contributed by atoms with Gasteiger partial charge >= 0.3 is 6.61 Å². The Morgan fingerprint density at radius 2 is 2.12 bits per heavy atom. The van der Waals surface area contributed by atoms with Crippen molar-refractivity contribution in [2.45, 2.75) is 26.0 Å². The Labute approximate surface area is 102 Å². The summed E-state index contributed by atoms with van der Waals surface area (Å²) in [6.45, 7) is 0.424. The van der Waals surface area contributed by atoms with Crippen molar-refractivity contribution in [2.75, 3.05) is 0 Å². The fraction of sp³-hybridized carbons (Fsp3) is 0.364. The maximum atomic E-state index is 12.0. The maximum absolute atomic E-state index is 12.0. The third-order valence-electron chi connectivity index (χ3n) is 2.18. The molecular formula is C11H10ClF2NO2. The first-order valence-electron chi connectivity index (χ1n) is 4.70. The molecule has 3 nitrogen and oxygen atoms in total. The summed E-state index contributed by atoms with van der Waals surface area (Å²) in [7, 11) is 0. The smallest absolute Gasteiger partial charge is 0.387 e. The fourth-order valence-electron chi connectivity index (χ4n) is 1.25. The van der Waals surface area contributed by atoms with E-state index in [0.29, 0.717) is 5.56 Å². The molecular weight excluding hydrogens is 252 g/mol. The average Bonchev–Trinajstić information content (AvgIpc) is 2.20. The van der Waals surface area contributed by atoms with Crippen molar-refractivity contribution < 1.29 is 18.3 Å². The van der Waals surface area contributed by atoms with Crippen molar-refractivity contribution in [1.82, 2.24) is 0 Å². The van der Waals surface area contributed by atoms with Crippen LogP contribution < -0.4 is 4.74 Å². The monoisotopic (exact) mass is 261 g/mol. The molecule has 6 heteroatoms. The minimum Gasteiger partial charge on any atom is -0.433 e. The molecule has 0 spiro atoms. The zero-order valence-electron chi connectivity index (χ0n) is 9.21. The minimum atomic E-state index is -2.93. The molecule has 0 aliphatic carbocycles. The van der Waals surface area contributed by atoms with Gasteiger partial charge in [0.05, 0.1) is 10.6 Å². The van der Waals surface area contributed by atoms with Gasteiger partial charge in [-0.3, -0.25) is 0 Å². The van der Waals surface area contributed by atoms with Crippen LogP contribution in [-0.2, 0) is 10.3 Å². The first-order valence-corrected chi connectivity index (χ1v) is 5.08. The molecule has 1 aromatic carbocycles. The number of nitrogens with zero attached hydrogens (tertiary/aromatic N) is 1. The van der Waals surface area contributed by atoms with Gasteiger partial charge in [-0.1, -0.05) is 17.7 Å². The number of hydrogen-bond acceptors (Lipinski definition) is 3. The molecule has 17 heavy (non-hydrogen) atoms. The highest BCUT2D eigenvalue weighted by atomic mass is 35.5. The minimum absolute atomic E-state index is 0.0389. The van der Waals surface area contributed by atoms with E-state index in [2.05, 4.69) is 9.73 Å². The molecule has 0 radical (unpaired) electrons. The summed E-state index contributed by atoms with van der Waals surface area (Å²) >= 11 is 5.78. The standard InChI is InChI=1S/C11H10ClF2NO2/c1-11(2,15-6-16)7-3-4-9(8(12)5-7)17-10(13)14/h3-5,10H,1-2H3. The Morgan fingerprint density at radius 1 is 1.47 bits per heavy atom. The number of rotatable bonds is 4. The molecule has 1 rings (SSSR count). The summed E-state index contributed by atoms with van der Waals surface area (Å²) in [5.74, 6) is -0.115. The normalized spacial score (nSPS) is 11.2. The van der Waals surface area contributed by atoms with Crippen LogP contribution in [0.25, 0.3) is 0 Å². The molecule has 0 saturated heterocycles. The highest BCUT2D eigenvalue weighted by molar-refractivity contribution is 6.32. The molecule has 0 aromatic heterocycles. The fourth-order valence-corrected chi connectivity index (χ4v) is 1.48. The van der Waals surface area contributed by atoms with E-state index in [1.165, 1.54) is 24.3 Å². The van der Waals surface area contributed by atoms with Crippen molar-refractivity contribution in [3.8, 4) is 5.75 Å². The van der Waals surface area contributed by atoms with Crippen molar-refractivity contribution in [3.63, 3.8) is 0 Å². The molecule has 0 amide bonds. The number of hydrogen-bond donors (Lipinski definition) is 0. The van der Waals surface area contributed by atoms with Crippen molar-refractivity contribution >= 4 is 17.7 Å². The van der Waals surface area contributed by atoms with Gasteiger partial charge in [-0.2, -0.15) is 13.8 Å². The number of aliphatic imine (C=N–C) groups is 1. The molecule has 1 aromatic rings. The van der Waals surface area contributed by atoms with Crippen LogP contribution in [0.2, 0.25) is 5.02 Å². The van der Waals surface area contributed by atoms with Gasteiger partial charge in [0, 0.05) is 0 Å². The summed E-state index contributed by atoms with van der Waals surface area (Å²) in [5.41, 5.74) is -0.207. The van der Waals surface area contributed by atoms with E-state index in [0.717, 1.165) is 0 Å². The molecule has 0 saturated carbocycles. The topological polar surface area (TPSA) is 38.7 Å². The van der Waals surface area contributed by atoms with Crippen molar-refractivity contribution in [1.29, 1.82) is 0 Å². The zero-order valence-corrected chi connectivity index (χ0v) is 9.96. The van der Waals surface area contributed by atoms with Gasteiger partial charge in [-0.15, -0.1) is 0 Å². The molecule has 0 N–H and O–H groups in total. The Morgan fingerprint density at radius 3 is 2.59 bits per heavy atom. The van der Waals surface area contributed by atoms with E-state index in [1.54, 1.807) is 13.8 Å². The van der Waals surface area contributed by atoms with Crippen LogP contribution in [0.1, 0.15) is 19.4 Å². The second-order valence-corrected chi connectivity index (χ2v) is 4.19. The van der Waals surface area contributed by atoms with Crippen LogP contribution in [0, 0.1) is 0 Å². The third kappa shape index (κ3) is 3.51. The van der Waals surface area contributed by atoms with Crippen molar-refractivity contribution in [3.05, 3.63) is 28.8 Å². The lowest BCUT2D eigenvalue weighted by atomic mass is 9.95. The Hall–Kier alpha value is -1.45. The predicted molar refractivity (Wildman–Crippen MR) is 59.2 cm³/mol.